The van der Waals surface area contributed by atoms with Crippen LogP contribution in [-0.2, 0) is 0 Å². The Balaban J connectivity index is 2.36. The molecular weight excluding hydrogens is 112 g/mol. The van der Waals surface area contributed by atoms with Crippen LogP contribution < -0.4 is 5.73 Å². The summed E-state index contributed by atoms with van der Waals surface area (Å²) in [5.74, 6) is 0.882. The van der Waals surface area contributed by atoms with Crippen LogP contribution in [0.1, 0.15) is 6.42 Å². The summed E-state index contributed by atoms with van der Waals surface area (Å²) >= 11 is 0. The number of hydrogen-bond acceptors (Lipinski definition) is 2. The molecule has 0 amide bonds. The Morgan fingerprint density at radius 2 is 2.33 bits per heavy atom. The zero-order valence-corrected chi connectivity index (χ0v) is 5.17. The summed E-state index contributed by atoms with van der Waals surface area (Å²) in [6.45, 7) is 0. The second-order valence-electron chi connectivity index (χ2n) is 2.87. The lowest BCUT2D eigenvalue weighted by molar-refractivity contribution is 0.629. The molecule has 0 saturated heterocycles. The molecule has 1 fully saturated rings. The van der Waals surface area contributed by atoms with Crippen molar-refractivity contribution in [1.82, 2.24) is 0 Å². The van der Waals surface area contributed by atoms with Crippen LogP contribution in [0.5, 0.6) is 0 Å². The lowest BCUT2D eigenvalue weighted by Gasteiger charge is -2.12. The average Bonchev–Trinajstić information content (AvgIpc) is 2.37. The van der Waals surface area contributed by atoms with Gasteiger partial charge in [0, 0.05) is 17.7 Å². The maximum Gasteiger partial charge on any atom is 0.0493 e. The summed E-state index contributed by atoms with van der Waals surface area (Å²) in [7, 11) is 0. The molecule has 0 heterocycles. The molecule has 2 aliphatic carbocycles. The maximum absolute atomic E-state index is 7.47. The van der Waals surface area contributed by atoms with Crippen LogP contribution in [0.2, 0.25) is 0 Å². The van der Waals surface area contributed by atoms with Crippen molar-refractivity contribution in [3.05, 3.63) is 12.2 Å². The molecule has 48 valence electrons. The molecule has 2 rings (SSSR count). The van der Waals surface area contributed by atoms with E-state index in [0.717, 1.165) is 12.1 Å². The van der Waals surface area contributed by atoms with Crippen molar-refractivity contribution in [2.24, 2.45) is 17.6 Å². The second-order valence-corrected chi connectivity index (χ2v) is 2.87. The van der Waals surface area contributed by atoms with E-state index in [1.165, 1.54) is 0 Å². The summed E-state index contributed by atoms with van der Waals surface area (Å²) in [5.41, 5.74) is 6.43. The molecule has 2 aliphatic rings. The number of nitrogens with two attached hydrogens (primary N) is 1. The minimum atomic E-state index is 0.0417. The van der Waals surface area contributed by atoms with Crippen molar-refractivity contribution in [1.29, 1.82) is 5.41 Å². The molecule has 0 aromatic rings. The topological polar surface area (TPSA) is 49.9 Å². The van der Waals surface area contributed by atoms with E-state index in [-0.39, 0.29) is 6.04 Å². The second kappa shape index (κ2) is 1.45. The molecule has 0 aromatic heterocycles. The fourth-order valence-corrected chi connectivity index (χ4v) is 1.70. The van der Waals surface area contributed by atoms with E-state index in [9.17, 15) is 0 Å². The van der Waals surface area contributed by atoms with Gasteiger partial charge in [0.25, 0.3) is 0 Å². The van der Waals surface area contributed by atoms with Gasteiger partial charge in [-0.05, 0) is 12.3 Å². The molecule has 2 heteroatoms. The van der Waals surface area contributed by atoms with Gasteiger partial charge >= 0.3 is 0 Å². The molecule has 3 N–H and O–H groups in total. The molecule has 0 radical (unpaired) electrons. The van der Waals surface area contributed by atoms with E-state index in [1.54, 1.807) is 0 Å². The fraction of sp³-hybridized carbons (Fsp3) is 0.571. The Morgan fingerprint density at radius 3 is 2.67 bits per heavy atom. The van der Waals surface area contributed by atoms with Crippen molar-refractivity contribution in [3.8, 4) is 0 Å². The third-order valence-corrected chi connectivity index (χ3v) is 2.34. The van der Waals surface area contributed by atoms with Gasteiger partial charge < -0.3 is 11.1 Å². The van der Waals surface area contributed by atoms with Crippen molar-refractivity contribution in [3.63, 3.8) is 0 Å². The predicted molar refractivity (Wildman–Crippen MR) is 36.4 cm³/mol. The lowest BCUT2D eigenvalue weighted by atomic mass is 10.0. The van der Waals surface area contributed by atoms with Gasteiger partial charge in [0.1, 0.15) is 0 Å². The van der Waals surface area contributed by atoms with E-state index >= 15 is 0 Å². The lowest BCUT2D eigenvalue weighted by Crippen LogP contribution is -2.33. The molecule has 0 spiro atoms. The van der Waals surface area contributed by atoms with Crippen LogP contribution in [0, 0.1) is 17.2 Å². The first-order valence-corrected chi connectivity index (χ1v) is 3.31. The summed E-state index contributed by atoms with van der Waals surface area (Å²) < 4.78 is 0. The zero-order chi connectivity index (χ0) is 6.43. The standard InChI is InChI=1S/C7H10N2/c8-6-4-1-2-5(3-4)7(6)9/h1-2,4-6,9H,3,8H2. The van der Waals surface area contributed by atoms with Crippen LogP contribution in [-0.4, -0.2) is 11.8 Å². The van der Waals surface area contributed by atoms with Gasteiger partial charge in [-0.15, -0.1) is 0 Å². The largest absolute Gasteiger partial charge is 0.322 e. The third kappa shape index (κ3) is 0.512. The molecule has 2 bridgehead atoms. The van der Waals surface area contributed by atoms with E-state index in [1.807, 2.05) is 0 Å². The summed E-state index contributed by atoms with van der Waals surface area (Å²) in [5, 5.41) is 7.47. The Morgan fingerprint density at radius 1 is 1.56 bits per heavy atom. The highest BCUT2D eigenvalue weighted by Gasteiger charge is 2.37. The number of hydrogen-bond donors (Lipinski definition) is 2. The maximum atomic E-state index is 7.47. The van der Waals surface area contributed by atoms with Crippen LogP contribution in [0.4, 0.5) is 0 Å². The molecule has 3 unspecified atom stereocenters. The third-order valence-electron chi connectivity index (χ3n) is 2.34. The Labute approximate surface area is 54.3 Å². The quantitative estimate of drug-likeness (QED) is 0.453. The first kappa shape index (κ1) is 5.18. The van der Waals surface area contributed by atoms with Crippen LogP contribution in [0.15, 0.2) is 12.2 Å². The number of nitrogens with one attached hydrogen (secondary N) is 1. The Hall–Kier alpha value is -0.630. The highest BCUT2D eigenvalue weighted by molar-refractivity contribution is 5.94. The van der Waals surface area contributed by atoms with E-state index in [4.69, 9.17) is 11.1 Å². The molecule has 2 nitrogen and oxygen atoms in total. The van der Waals surface area contributed by atoms with Gasteiger partial charge in [-0.25, -0.2) is 0 Å². The Kier molecular flexibility index (Phi) is 0.833. The molecule has 0 aliphatic heterocycles. The van der Waals surface area contributed by atoms with E-state index < -0.39 is 0 Å². The summed E-state index contributed by atoms with van der Waals surface area (Å²) in [4.78, 5) is 0. The molecule has 1 saturated carbocycles. The smallest absolute Gasteiger partial charge is 0.0493 e. The minimum absolute atomic E-state index is 0.0417. The average molecular weight is 122 g/mol. The highest BCUT2D eigenvalue weighted by Crippen LogP contribution is 2.35. The molecule has 3 atom stereocenters. The van der Waals surface area contributed by atoms with Gasteiger partial charge in [-0.3, -0.25) is 0 Å². The van der Waals surface area contributed by atoms with Crippen LogP contribution in [0.3, 0.4) is 0 Å². The predicted octanol–water partition coefficient (Wildman–Crippen LogP) is 0.539. The SMILES string of the molecule is N=C1C2C=CC(C2)C1N. The molecular formula is C7H10N2. The fourth-order valence-electron chi connectivity index (χ4n) is 1.70. The number of allylic oxidation sites excluding steroid dienone is 1. The van der Waals surface area contributed by atoms with Crippen molar-refractivity contribution >= 4 is 5.71 Å². The normalized spacial score (nSPS) is 46.8. The van der Waals surface area contributed by atoms with E-state index in [0.29, 0.717) is 11.8 Å². The van der Waals surface area contributed by atoms with Gasteiger partial charge in [0.05, 0.1) is 0 Å². The summed E-state index contributed by atoms with van der Waals surface area (Å²) in [6, 6.07) is 0.0417. The highest BCUT2D eigenvalue weighted by atomic mass is 14.7. The van der Waals surface area contributed by atoms with Crippen LogP contribution >= 0.6 is 0 Å². The van der Waals surface area contributed by atoms with Crippen molar-refractivity contribution < 1.29 is 0 Å². The number of rotatable bonds is 0. The zero-order valence-electron chi connectivity index (χ0n) is 5.17. The van der Waals surface area contributed by atoms with Crippen molar-refractivity contribution in [2.45, 2.75) is 12.5 Å². The first-order valence-electron chi connectivity index (χ1n) is 3.31. The number of fused-ring (bicyclic) bond motifs is 2. The van der Waals surface area contributed by atoms with Gasteiger partial charge in [-0.1, -0.05) is 12.2 Å². The van der Waals surface area contributed by atoms with Gasteiger partial charge in [0.2, 0.25) is 0 Å². The van der Waals surface area contributed by atoms with Gasteiger partial charge in [0.15, 0.2) is 0 Å². The Bertz CT molecular complexity index is 183. The molecule has 9 heavy (non-hydrogen) atoms. The summed E-state index contributed by atoms with van der Waals surface area (Å²) in [6.07, 6.45) is 5.35. The van der Waals surface area contributed by atoms with E-state index in [2.05, 4.69) is 12.2 Å². The monoisotopic (exact) mass is 122 g/mol. The minimum Gasteiger partial charge on any atom is -0.322 e. The molecule has 0 aromatic carbocycles. The first-order chi connectivity index (χ1) is 4.29. The van der Waals surface area contributed by atoms with Gasteiger partial charge in [-0.2, -0.15) is 0 Å². The van der Waals surface area contributed by atoms with Crippen molar-refractivity contribution in [2.75, 3.05) is 0 Å². The van der Waals surface area contributed by atoms with Crippen LogP contribution in [0.25, 0.3) is 0 Å².